The third-order valence-electron chi connectivity index (χ3n) is 3.69. The summed E-state index contributed by atoms with van der Waals surface area (Å²) >= 11 is 1.31. The molecule has 1 atom stereocenters. The van der Waals surface area contributed by atoms with Crippen LogP contribution in [0.5, 0.6) is 0 Å². The van der Waals surface area contributed by atoms with E-state index in [0.29, 0.717) is 16.5 Å². The molecule has 1 unspecified atom stereocenters. The normalized spacial score (nSPS) is 18.9. The molecule has 1 heterocycles. The minimum atomic E-state index is -0.475. The number of urea groups is 1. The van der Waals surface area contributed by atoms with Crippen molar-refractivity contribution in [3.8, 4) is 0 Å². The Morgan fingerprint density at radius 2 is 2.10 bits per heavy atom. The smallest absolute Gasteiger partial charge is 0.319 e. The quantitative estimate of drug-likeness (QED) is 0.642. The monoisotopic (exact) mass is 309 g/mol. The molecular weight excluding hydrogens is 290 g/mol. The van der Waals surface area contributed by atoms with Crippen molar-refractivity contribution in [3.63, 3.8) is 0 Å². The second kappa shape index (κ2) is 6.03. The summed E-state index contributed by atoms with van der Waals surface area (Å²) in [4.78, 5) is 23.8. The van der Waals surface area contributed by atoms with Crippen molar-refractivity contribution in [2.24, 2.45) is 5.92 Å². The van der Waals surface area contributed by atoms with E-state index < -0.39 is 12.1 Å². The fourth-order valence-electron chi connectivity index (χ4n) is 2.07. The van der Waals surface area contributed by atoms with Crippen molar-refractivity contribution < 1.29 is 14.7 Å². The van der Waals surface area contributed by atoms with Crippen LogP contribution in [0.2, 0.25) is 0 Å². The first-order valence-electron chi connectivity index (χ1n) is 7.25. The predicted molar refractivity (Wildman–Crippen MR) is 80.6 cm³/mol. The molecule has 2 aliphatic rings. The fourth-order valence-corrected chi connectivity index (χ4v) is 2.85. The van der Waals surface area contributed by atoms with Gasteiger partial charge in [0.15, 0.2) is 0 Å². The maximum Gasteiger partial charge on any atom is 0.319 e. The van der Waals surface area contributed by atoms with Crippen LogP contribution in [-0.4, -0.2) is 35.7 Å². The van der Waals surface area contributed by atoms with Gasteiger partial charge in [-0.15, -0.1) is 11.3 Å². The van der Waals surface area contributed by atoms with Crippen LogP contribution in [-0.2, 0) is 0 Å². The Labute approximate surface area is 126 Å². The van der Waals surface area contributed by atoms with E-state index in [0.717, 1.165) is 25.7 Å². The highest BCUT2D eigenvalue weighted by molar-refractivity contribution is 7.14. The number of thiophene rings is 1. The summed E-state index contributed by atoms with van der Waals surface area (Å²) in [5.41, 5.74) is 0.491. The lowest BCUT2D eigenvalue weighted by Crippen LogP contribution is -2.36. The van der Waals surface area contributed by atoms with Crippen LogP contribution in [0.4, 0.5) is 9.80 Å². The van der Waals surface area contributed by atoms with Crippen LogP contribution in [0.3, 0.4) is 0 Å². The zero-order valence-electron chi connectivity index (χ0n) is 11.6. The molecule has 2 fully saturated rings. The van der Waals surface area contributed by atoms with Gasteiger partial charge in [-0.05, 0) is 43.0 Å². The lowest BCUT2D eigenvalue weighted by molar-refractivity contribution is 0.0952. The molecule has 7 heteroatoms. The van der Waals surface area contributed by atoms with E-state index in [-0.39, 0.29) is 18.5 Å². The van der Waals surface area contributed by atoms with Gasteiger partial charge in [0.2, 0.25) is 0 Å². The standard InChI is InChI=1S/C14H19N3O3S/c18-11(8-1-2-8)7-15-14(20)17-13-10(5-6-21-13)12(19)16-9-3-4-9/h5-6,8-9,11,18H,1-4,7H2,(H,16,19)(H2,15,17,20). The van der Waals surface area contributed by atoms with Crippen LogP contribution < -0.4 is 16.0 Å². The maximum absolute atomic E-state index is 12.0. The molecule has 6 nitrogen and oxygen atoms in total. The van der Waals surface area contributed by atoms with Crippen LogP contribution in [0, 0.1) is 5.92 Å². The van der Waals surface area contributed by atoms with Gasteiger partial charge in [0.1, 0.15) is 5.00 Å². The molecule has 2 aliphatic carbocycles. The number of carbonyl (C=O) groups is 2. The minimum absolute atomic E-state index is 0.146. The second-order valence-electron chi connectivity index (χ2n) is 5.65. The third-order valence-corrected chi connectivity index (χ3v) is 4.52. The number of hydrogen-bond acceptors (Lipinski definition) is 4. The number of amides is 3. The summed E-state index contributed by atoms with van der Waals surface area (Å²) < 4.78 is 0. The average Bonchev–Trinajstić information content (AvgIpc) is 3.36. The van der Waals surface area contributed by atoms with Gasteiger partial charge in [-0.1, -0.05) is 0 Å². The highest BCUT2D eigenvalue weighted by Crippen LogP contribution is 2.32. The number of nitrogens with one attached hydrogen (secondary N) is 3. The topological polar surface area (TPSA) is 90.5 Å². The van der Waals surface area contributed by atoms with E-state index in [1.165, 1.54) is 11.3 Å². The van der Waals surface area contributed by atoms with Crippen molar-refractivity contribution in [2.45, 2.75) is 37.8 Å². The predicted octanol–water partition coefficient (Wildman–Crippen LogP) is 1.53. The Bertz CT molecular complexity index is 537. The number of rotatable bonds is 6. The Morgan fingerprint density at radius 3 is 2.76 bits per heavy atom. The van der Waals surface area contributed by atoms with Crippen LogP contribution >= 0.6 is 11.3 Å². The number of hydrogen-bond donors (Lipinski definition) is 4. The summed E-state index contributed by atoms with van der Waals surface area (Å²) in [7, 11) is 0. The van der Waals surface area contributed by atoms with E-state index >= 15 is 0 Å². The maximum atomic E-state index is 12.0. The van der Waals surface area contributed by atoms with E-state index in [4.69, 9.17) is 0 Å². The molecule has 0 bridgehead atoms. The Morgan fingerprint density at radius 1 is 1.33 bits per heavy atom. The Hall–Kier alpha value is -1.60. The summed E-state index contributed by atoms with van der Waals surface area (Å²) in [6, 6.07) is 1.60. The van der Waals surface area contributed by atoms with Gasteiger partial charge in [0.25, 0.3) is 5.91 Å². The molecule has 0 aromatic carbocycles. The second-order valence-corrected chi connectivity index (χ2v) is 6.57. The number of carbonyl (C=O) groups excluding carboxylic acids is 2. The van der Waals surface area contributed by atoms with Gasteiger partial charge in [-0.2, -0.15) is 0 Å². The largest absolute Gasteiger partial charge is 0.391 e. The van der Waals surface area contributed by atoms with Gasteiger partial charge in [-0.3, -0.25) is 10.1 Å². The van der Waals surface area contributed by atoms with E-state index in [2.05, 4.69) is 16.0 Å². The van der Waals surface area contributed by atoms with Crippen molar-refractivity contribution >= 4 is 28.3 Å². The molecule has 0 radical (unpaired) electrons. The number of aliphatic hydroxyl groups excluding tert-OH is 1. The minimum Gasteiger partial charge on any atom is -0.391 e. The SMILES string of the molecule is O=C(NCC(O)C1CC1)Nc1sccc1C(=O)NC1CC1. The highest BCUT2D eigenvalue weighted by atomic mass is 32.1. The lowest BCUT2D eigenvalue weighted by Gasteiger charge is -2.11. The zero-order valence-corrected chi connectivity index (χ0v) is 12.4. The Kier molecular flexibility index (Phi) is 4.12. The highest BCUT2D eigenvalue weighted by Gasteiger charge is 2.30. The van der Waals surface area contributed by atoms with Crippen LogP contribution in [0.1, 0.15) is 36.0 Å². The van der Waals surface area contributed by atoms with E-state index in [1.807, 2.05) is 0 Å². The lowest BCUT2D eigenvalue weighted by atomic mass is 10.2. The van der Waals surface area contributed by atoms with Crippen molar-refractivity contribution in [2.75, 3.05) is 11.9 Å². The van der Waals surface area contributed by atoms with Crippen LogP contribution in [0.15, 0.2) is 11.4 Å². The summed E-state index contributed by atoms with van der Waals surface area (Å²) in [6.07, 6.45) is 3.63. The summed E-state index contributed by atoms with van der Waals surface area (Å²) in [5.74, 6) is 0.180. The fraction of sp³-hybridized carbons (Fsp3) is 0.571. The van der Waals surface area contributed by atoms with Gasteiger partial charge >= 0.3 is 6.03 Å². The van der Waals surface area contributed by atoms with Gasteiger partial charge in [0, 0.05) is 12.6 Å². The summed E-state index contributed by atoms with van der Waals surface area (Å²) in [6.45, 7) is 0.242. The molecule has 4 N–H and O–H groups in total. The third kappa shape index (κ3) is 3.95. The molecule has 0 spiro atoms. The molecule has 1 aromatic heterocycles. The molecule has 1 aromatic rings. The number of anilines is 1. The van der Waals surface area contributed by atoms with Crippen molar-refractivity contribution in [1.29, 1.82) is 0 Å². The van der Waals surface area contributed by atoms with E-state index in [9.17, 15) is 14.7 Å². The first-order chi connectivity index (χ1) is 10.1. The molecule has 0 aliphatic heterocycles. The zero-order chi connectivity index (χ0) is 14.8. The summed E-state index contributed by atoms with van der Waals surface area (Å²) in [5, 5.41) is 20.2. The first-order valence-corrected chi connectivity index (χ1v) is 8.12. The van der Waals surface area contributed by atoms with Gasteiger partial charge in [-0.25, -0.2) is 4.79 Å². The van der Waals surface area contributed by atoms with Crippen molar-refractivity contribution in [3.05, 3.63) is 17.0 Å². The van der Waals surface area contributed by atoms with Gasteiger partial charge < -0.3 is 15.7 Å². The van der Waals surface area contributed by atoms with Crippen LogP contribution in [0.25, 0.3) is 0 Å². The average molecular weight is 309 g/mol. The first kappa shape index (κ1) is 14.3. The molecule has 2 saturated carbocycles. The molecule has 3 rings (SSSR count). The molecule has 0 saturated heterocycles. The van der Waals surface area contributed by atoms with Crippen molar-refractivity contribution in [1.82, 2.24) is 10.6 Å². The molecule has 3 amide bonds. The molecule has 21 heavy (non-hydrogen) atoms. The Balaban J connectivity index is 1.50. The van der Waals surface area contributed by atoms with E-state index in [1.54, 1.807) is 11.4 Å². The molecule has 114 valence electrons. The van der Waals surface area contributed by atoms with Gasteiger partial charge in [0.05, 0.1) is 11.7 Å². The molecular formula is C14H19N3O3S. The number of aliphatic hydroxyl groups is 1.